The second-order valence-electron chi connectivity index (χ2n) is 9.90. The molecule has 2 saturated carbocycles. The number of carboxylic acids is 1. The van der Waals surface area contributed by atoms with Crippen LogP contribution < -0.4 is 5.56 Å². The Morgan fingerprint density at radius 1 is 1.11 bits per heavy atom. The maximum absolute atomic E-state index is 13.6. The van der Waals surface area contributed by atoms with Gasteiger partial charge in [-0.3, -0.25) is 9.36 Å². The number of aliphatic carboxylic acids is 1. The summed E-state index contributed by atoms with van der Waals surface area (Å²) >= 11 is 9.62. The molecule has 2 aromatic carbocycles. The van der Waals surface area contributed by atoms with Crippen molar-refractivity contribution in [3.63, 3.8) is 0 Å². The van der Waals surface area contributed by atoms with Crippen molar-refractivity contribution < 1.29 is 9.90 Å². The Balaban J connectivity index is 1.34. The van der Waals surface area contributed by atoms with E-state index in [-0.39, 0.29) is 16.7 Å². The predicted octanol–water partition coefficient (Wildman–Crippen LogP) is 6.63. The van der Waals surface area contributed by atoms with E-state index < -0.39 is 11.5 Å². The lowest BCUT2D eigenvalue weighted by atomic mass is 9.64. The number of fused-ring (bicyclic) bond motifs is 4. The molecule has 7 heteroatoms. The lowest BCUT2D eigenvalue weighted by Gasteiger charge is -2.48. The van der Waals surface area contributed by atoms with E-state index in [1.165, 1.54) is 20.5 Å². The number of rotatable bonds is 5. The second-order valence-corrected chi connectivity index (χ2v) is 12.6. The van der Waals surface area contributed by atoms with Gasteiger partial charge in [-0.05, 0) is 71.5 Å². The number of aromatic nitrogens is 1. The van der Waals surface area contributed by atoms with Gasteiger partial charge in [0.25, 0.3) is 5.56 Å². The topological polar surface area (TPSA) is 59.3 Å². The summed E-state index contributed by atoms with van der Waals surface area (Å²) < 4.78 is 2.88. The third-order valence-electron chi connectivity index (χ3n) is 7.78. The summed E-state index contributed by atoms with van der Waals surface area (Å²) in [4.78, 5) is 27.5. The summed E-state index contributed by atoms with van der Waals surface area (Å²) in [5.41, 5.74) is 1.92. The van der Waals surface area contributed by atoms with Gasteiger partial charge in [0.2, 0.25) is 0 Å². The molecular formula is C28H22ClNO3S2. The van der Waals surface area contributed by atoms with Crippen LogP contribution in [0.3, 0.4) is 0 Å². The average molecular weight is 520 g/mol. The van der Waals surface area contributed by atoms with E-state index in [0.29, 0.717) is 23.8 Å². The molecule has 35 heavy (non-hydrogen) atoms. The van der Waals surface area contributed by atoms with Crippen LogP contribution in [-0.2, 0) is 16.8 Å². The first-order valence-corrected chi connectivity index (χ1v) is 14.0. The molecule has 1 aliphatic heterocycles. The third kappa shape index (κ3) is 3.19. The zero-order valence-electron chi connectivity index (χ0n) is 18.7. The molecule has 4 nitrogen and oxygen atoms in total. The molecule has 2 fully saturated rings. The monoisotopic (exact) mass is 519 g/mol. The molecule has 3 atom stereocenters. The summed E-state index contributed by atoms with van der Waals surface area (Å²) in [6.45, 7) is 0. The van der Waals surface area contributed by atoms with Crippen LogP contribution in [0.25, 0.3) is 10.1 Å². The molecule has 4 aromatic rings. The highest BCUT2D eigenvalue weighted by molar-refractivity contribution is 8.00. The van der Waals surface area contributed by atoms with Gasteiger partial charge in [-0.2, -0.15) is 0 Å². The summed E-state index contributed by atoms with van der Waals surface area (Å²) in [5, 5.41) is 13.0. The van der Waals surface area contributed by atoms with Crippen LogP contribution in [0.15, 0.2) is 70.5 Å². The summed E-state index contributed by atoms with van der Waals surface area (Å²) in [6, 6.07) is 20.0. The van der Waals surface area contributed by atoms with E-state index in [1.54, 1.807) is 33.7 Å². The van der Waals surface area contributed by atoms with E-state index in [0.717, 1.165) is 29.0 Å². The van der Waals surface area contributed by atoms with Crippen molar-refractivity contribution >= 4 is 50.8 Å². The molecule has 0 saturated heterocycles. The molecule has 176 valence electrons. The van der Waals surface area contributed by atoms with Gasteiger partial charge in [-0.25, -0.2) is 4.79 Å². The van der Waals surface area contributed by atoms with Crippen molar-refractivity contribution in [2.24, 2.45) is 0 Å². The Hall–Kier alpha value is -2.54. The highest BCUT2D eigenvalue weighted by atomic mass is 35.5. The Morgan fingerprint density at radius 2 is 1.94 bits per heavy atom. The van der Waals surface area contributed by atoms with Crippen molar-refractivity contribution in [2.75, 3.05) is 0 Å². The van der Waals surface area contributed by atoms with Gasteiger partial charge in [0.15, 0.2) is 5.54 Å². The number of halogens is 1. The largest absolute Gasteiger partial charge is 0.479 e. The number of nitrogens with zero attached hydrogens (tertiary/aromatic N) is 1. The molecule has 0 amide bonds. The van der Waals surface area contributed by atoms with Crippen LogP contribution in [0.5, 0.6) is 0 Å². The first-order chi connectivity index (χ1) is 17.0. The molecule has 1 N–H and O–H groups in total. The Kier molecular flexibility index (Phi) is 4.80. The van der Waals surface area contributed by atoms with Crippen molar-refractivity contribution in [3.8, 4) is 0 Å². The van der Waals surface area contributed by atoms with Crippen molar-refractivity contribution in [1.29, 1.82) is 0 Å². The van der Waals surface area contributed by atoms with Crippen LogP contribution in [0.1, 0.15) is 52.7 Å². The molecule has 7 rings (SSSR count). The van der Waals surface area contributed by atoms with Gasteiger partial charge in [0.05, 0.1) is 10.3 Å². The van der Waals surface area contributed by atoms with E-state index in [4.69, 9.17) is 11.6 Å². The zero-order chi connectivity index (χ0) is 23.9. The van der Waals surface area contributed by atoms with Gasteiger partial charge >= 0.3 is 5.97 Å². The van der Waals surface area contributed by atoms with E-state index >= 15 is 0 Å². The maximum atomic E-state index is 13.6. The smallest absolute Gasteiger partial charge is 0.331 e. The van der Waals surface area contributed by atoms with Gasteiger partial charge in [0, 0.05) is 33.0 Å². The number of benzene rings is 2. The minimum Gasteiger partial charge on any atom is -0.479 e. The molecule has 3 aliphatic rings. The third-order valence-corrected chi connectivity index (χ3v) is 10.7. The van der Waals surface area contributed by atoms with Gasteiger partial charge in [0.1, 0.15) is 0 Å². The molecule has 0 radical (unpaired) electrons. The Bertz CT molecular complexity index is 1550. The Labute approximate surface area is 215 Å². The molecule has 0 bridgehead atoms. The fourth-order valence-electron chi connectivity index (χ4n) is 5.99. The number of hydrogen-bond acceptors (Lipinski definition) is 4. The highest BCUT2D eigenvalue weighted by Crippen LogP contribution is 2.64. The quantitative estimate of drug-likeness (QED) is 0.321. The predicted molar refractivity (Wildman–Crippen MR) is 141 cm³/mol. The van der Waals surface area contributed by atoms with Gasteiger partial charge in [-0.15, -0.1) is 23.1 Å². The number of thioether (sulfide) groups is 1. The van der Waals surface area contributed by atoms with Crippen LogP contribution >= 0.6 is 34.7 Å². The van der Waals surface area contributed by atoms with Gasteiger partial charge in [-0.1, -0.05) is 41.9 Å². The van der Waals surface area contributed by atoms with E-state index in [9.17, 15) is 14.7 Å². The van der Waals surface area contributed by atoms with Crippen LogP contribution in [0.2, 0.25) is 5.02 Å². The number of carboxylic acid groups (broad SMARTS) is 1. The van der Waals surface area contributed by atoms with Gasteiger partial charge < -0.3 is 5.11 Å². The van der Waals surface area contributed by atoms with Crippen molar-refractivity contribution in [3.05, 3.63) is 97.6 Å². The second kappa shape index (κ2) is 7.73. The van der Waals surface area contributed by atoms with Crippen LogP contribution in [0, 0.1) is 0 Å². The SMILES string of the molecule is O=C(O)C12C[C@@H](c3cccc(Cl)c3)C1Sc1c(C3CC3)c(Cc3cc4ccccc4s3)cc(=O)n12. The number of pyridine rings is 1. The minimum absolute atomic E-state index is 0.0483. The zero-order valence-corrected chi connectivity index (χ0v) is 21.1. The summed E-state index contributed by atoms with van der Waals surface area (Å²) in [6.07, 6.45) is 3.30. The fraction of sp³-hybridized carbons (Fsp3) is 0.286. The minimum atomic E-state index is -1.19. The first kappa shape index (κ1) is 21.7. The van der Waals surface area contributed by atoms with Crippen molar-refractivity contribution in [2.45, 2.75) is 53.3 Å². The Morgan fingerprint density at radius 3 is 2.69 bits per heavy atom. The molecular weight excluding hydrogens is 498 g/mol. The fourth-order valence-corrected chi connectivity index (χ4v) is 9.22. The normalized spacial score (nSPS) is 24.7. The lowest BCUT2D eigenvalue weighted by molar-refractivity contribution is -0.153. The molecule has 0 spiro atoms. The number of hydrogen-bond donors (Lipinski definition) is 1. The molecule has 2 unspecified atom stereocenters. The summed E-state index contributed by atoms with van der Waals surface area (Å²) in [5.74, 6) is -0.456. The van der Waals surface area contributed by atoms with Crippen molar-refractivity contribution in [1.82, 2.24) is 4.57 Å². The van der Waals surface area contributed by atoms with Crippen LogP contribution in [-0.4, -0.2) is 20.9 Å². The molecule has 2 aliphatic carbocycles. The van der Waals surface area contributed by atoms with E-state index in [1.807, 2.05) is 36.4 Å². The lowest BCUT2D eigenvalue weighted by Crippen LogP contribution is -2.61. The van der Waals surface area contributed by atoms with E-state index in [2.05, 4.69) is 18.2 Å². The number of carbonyl (C=O) groups is 1. The maximum Gasteiger partial charge on any atom is 0.331 e. The molecule has 3 heterocycles. The standard InChI is InChI=1S/C28H22ClNO3S2/c29-19-6-3-5-16(10-19)21-14-28(27(32)33)25(21)35-26-24(15-8-9-15)18(13-23(31)30(26)28)12-20-11-17-4-1-2-7-22(17)34-20/h1-7,10-11,13,15,21,25H,8-9,12,14H2,(H,32,33)/t21-,25?,28?/m0/s1. The average Bonchev–Trinajstić information content (AvgIpc) is 3.50. The highest BCUT2D eigenvalue weighted by Gasteiger charge is 2.66. The molecule has 2 aromatic heterocycles. The van der Waals surface area contributed by atoms with Crippen LogP contribution in [0.4, 0.5) is 0 Å². The summed E-state index contributed by atoms with van der Waals surface area (Å²) in [7, 11) is 0. The first-order valence-electron chi connectivity index (χ1n) is 11.9. The number of thiophene rings is 1.